The highest BCUT2D eigenvalue weighted by molar-refractivity contribution is 8.00. The third-order valence-corrected chi connectivity index (χ3v) is 5.03. The maximum atomic E-state index is 12.3. The summed E-state index contributed by atoms with van der Waals surface area (Å²) in [6.07, 6.45) is 0. The van der Waals surface area contributed by atoms with Gasteiger partial charge in [0.05, 0.1) is 5.25 Å². The Morgan fingerprint density at radius 2 is 1.88 bits per heavy atom. The Kier molecular flexibility index (Phi) is 5.96. The van der Waals surface area contributed by atoms with E-state index in [-0.39, 0.29) is 11.2 Å². The number of aromatic nitrogens is 3. The summed E-state index contributed by atoms with van der Waals surface area (Å²) in [5, 5.41) is 11.0. The topological polar surface area (TPSA) is 70.7 Å². The van der Waals surface area contributed by atoms with Crippen LogP contribution in [-0.4, -0.2) is 26.3 Å². The lowest BCUT2D eigenvalue weighted by molar-refractivity contribution is -0.120. The van der Waals surface area contributed by atoms with Gasteiger partial charge in [0.2, 0.25) is 11.1 Å². The number of aryl methyl sites for hydroxylation is 1. The van der Waals surface area contributed by atoms with E-state index in [4.69, 9.17) is 11.6 Å². The van der Waals surface area contributed by atoms with Crippen molar-refractivity contribution < 1.29 is 4.79 Å². The van der Waals surface area contributed by atoms with Crippen molar-refractivity contribution >= 4 is 29.3 Å². The van der Waals surface area contributed by atoms with Gasteiger partial charge in [0, 0.05) is 17.1 Å². The first-order valence-electron chi connectivity index (χ1n) is 8.19. The van der Waals surface area contributed by atoms with E-state index in [1.54, 1.807) is 0 Å². The van der Waals surface area contributed by atoms with Crippen LogP contribution in [0.4, 0.5) is 0 Å². The fourth-order valence-electron chi connectivity index (χ4n) is 2.29. The highest BCUT2D eigenvalue weighted by Gasteiger charge is 2.17. The predicted octanol–water partition coefficient (Wildman–Crippen LogP) is 4.23. The van der Waals surface area contributed by atoms with Gasteiger partial charge in [0.15, 0.2) is 5.82 Å². The normalized spacial score (nSPS) is 12.0. The average molecular weight is 387 g/mol. The minimum atomic E-state index is -0.302. The van der Waals surface area contributed by atoms with Crippen LogP contribution < -0.4 is 5.32 Å². The average Bonchev–Trinajstić information content (AvgIpc) is 3.10. The summed E-state index contributed by atoms with van der Waals surface area (Å²) in [5.41, 5.74) is 3.16. The molecule has 3 rings (SSSR count). The van der Waals surface area contributed by atoms with Crippen molar-refractivity contribution in [2.24, 2.45) is 0 Å². The highest BCUT2D eigenvalue weighted by Crippen LogP contribution is 2.23. The molecule has 7 heteroatoms. The van der Waals surface area contributed by atoms with Crippen molar-refractivity contribution in [2.45, 2.75) is 30.8 Å². The van der Waals surface area contributed by atoms with Crippen LogP contribution >= 0.6 is 23.4 Å². The molecule has 5 nitrogen and oxygen atoms in total. The lowest BCUT2D eigenvalue weighted by Gasteiger charge is -2.10. The van der Waals surface area contributed by atoms with Gasteiger partial charge < -0.3 is 5.32 Å². The molecule has 1 atom stereocenters. The van der Waals surface area contributed by atoms with Crippen molar-refractivity contribution in [3.05, 3.63) is 64.7 Å². The van der Waals surface area contributed by atoms with E-state index in [0.717, 1.165) is 11.1 Å². The first kappa shape index (κ1) is 18.5. The standard InChI is InChI=1S/C19H19ClN4OS/c1-12-3-7-15(8-4-12)17-22-19(24-23-17)26-13(2)18(25)21-11-14-5-9-16(20)10-6-14/h3-10,13H,11H2,1-2H3,(H,21,25)(H,22,23,24). The van der Waals surface area contributed by atoms with Crippen LogP contribution in [0.2, 0.25) is 5.02 Å². The summed E-state index contributed by atoms with van der Waals surface area (Å²) in [4.78, 5) is 16.7. The molecule has 0 saturated carbocycles. The first-order chi connectivity index (χ1) is 12.5. The summed E-state index contributed by atoms with van der Waals surface area (Å²) < 4.78 is 0. The molecule has 1 aromatic heterocycles. The highest BCUT2D eigenvalue weighted by atomic mass is 35.5. The zero-order valence-electron chi connectivity index (χ0n) is 14.5. The number of halogens is 1. The Bertz CT molecular complexity index is 877. The summed E-state index contributed by atoms with van der Waals surface area (Å²) >= 11 is 7.18. The Morgan fingerprint density at radius 1 is 1.19 bits per heavy atom. The SMILES string of the molecule is Cc1ccc(-c2nc(SC(C)C(=O)NCc3ccc(Cl)cc3)n[nH]2)cc1. The van der Waals surface area contributed by atoms with E-state index in [1.807, 2.05) is 62.4 Å². The number of thioether (sulfide) groups is 1. The zero-order chi connectivity index (χ0) is 18.5. The molecule has 0 saturated heterocycles. The molecular formula is C19H19ClN4OS. The van der Waals surface area contributed by atoms with Gasteiger partial charge in [-0.3, -0.25) is 9.89 Å². The van der Waals surface area contributed by atoms with Crippen molar-refractivity contribution in [3.63, 3.8) is 0 Å². The molecule has 2 N–H and O–H groups in total. The minimum absolute atomic E-state index is 0.0633. The van der Waals surface area contributed by atoms with Gasteiger partial charge in [-0.05, 0) is 31.5 Å². The van der Waals surface area contributed by atoms with Crippen LogP contribution in [0.1, 0.15) is 18.1 Å². The maximum absolute atomic E-state index is 12.3. The number of benzene rings is 2. The van der Waals surface area contributed by atoms with E-state index in [1.165, 1.54) is 17.3 Å². The molecule has 0 fully saturated rings. The number of hydrogen-bond acceptors (Lipinski definition) is 4. The minimum Gasteiger partial charge on any atom is -0.351 e. The molecule has 1 unspecified atom stereocenters. The molecule has 134 valence electrons. The third-order valence-electron chi connectivity index (χ3n) is 3.82. The molecule has 0 aliphatic heterocycles. The molecule has 1 amide bonds. The number of amides is 1. The first-order valence-corrected chi connectivity index (χ1v) is 9.45. The van der Waals surface area contributed by atoms with Crippen LogP contribution in [0, 0.1) is 6.92 Å². The van der Waals surface area contributed by atoms with Gasteiger partial charge >= 0.3 is 0 Å². The number of carbonyl (C=O) groups is 1. The quantitative estimate of drug-likeness (QED) is 0.622. The molecule has 1 heterocycles. The summed E-state index contributed by atoms with van der Waals surface area (Å²) in [6, 6.07) is 15.4. The van der Waals surface area contributed by atoms with Gasteiger partial charge in [0.25, 0.3) is 0 Å². The summed E-state index contributed by atoms with van der Waals surface area (Å²) in [7, 11) is 0. The number of nitrogens with zero attached hydrogens (tertiary/aromatic N) is 2. The lowest BCUT2D eigenvalue weighted by Crippen LogP contribution is -2.30. The third kappa shape index (κ3) is 4.86. The fraction of sp³-hybridized carbons (Fsp3) is 0.211. The Morgan fingerprint density at radius 3 is 2.58 bits per heavy atom. The van der Waals surface area contributed by atoms with Gasteiger partial charge in [-0.1, -0.05) is 65.3 Å². The van der Waals surface area contributed by atoms with Gasteiger partial charge in [-0.15, -0.1) is 5.10 Å². The molecule has 26 heavy (non-hydrogen) atoms. The van der Waals surface area contributed by atoms with Crippen molar-refractivity contribution in [1.82, 2.24) is 20.5 Å². The zero-order valence-corrected chi connectivity index (χ0v) is 16.1. The molecule has 0 aliphatic carbocycles. The molecule has 0 spiro atoms. The second-order valence-electron chi connectivity index (χ2n) is 5.94. The summed E-state index contributed by atoms with van der Waals surface area (Å²) in [6.45, 7) is 4.34. The van der Waals surface area contributed by atoms with Crippen LogP contribution in [0.15, 0.2) is 53.7 Å². The van der Waals surface area contributed by atoms with Gasteiger partial charge in [0.1, 0.15) is 0 Å². The number of H-pyrrole nitrogens is 1. The molecule has 0 aliphatic rings. The fourth-order valence-corrected chi connectivity index (χ4v) is 3.16. The number of aromatic amines is 1. The maximum Gasteiger partial charge on any atom is 0.233 e. The van der Waals surface area contributed by atoms with E-state index in [9.17, 15) is 4.79 Å². The van der Waals surface area contributed by atoms with Crippen LogP contribution in [0.5, 0.6) is 0 Å². The number of nitrogens with one attached hydrogen (secondary N) is 2. The smallest absolute Gasteiger partial charge is 0.233 e. The van der Waals surface area contributed by atoms with Gasteiger partial charge in [-0.2, -0.15) is 0 Å². The van der Waals surface area contributed by atoms with E-state index in [0.29, 0.717) is 22.5 Å². The monoisotopic (exact) mass is 386 g/mol. The summed E-state index contributed by atoms with van der Waals surface area (Å²) in [5.74, 6) is 0.632. The molecule has 3 aromatic rings. The van der Waals surface area contributed by atoms with Crippen molar-refractivity contribution in [3.8, 4) is 11.4 Å². The van der Waals surface area contributed by atoms with Crippen molar-refractivity contribution in [1.29, 1.82) is 0 Å². The Labute approximate surface area is 161 Å². The van der Waals surface area contributed by atoms with E-state index < -0.39 is 0 Å². The Balaban J connectivity index is 1.55. The van der Waals surface area contributed by atoms with E-state index >= 15 is 0 Å². The molecular weight excluding hydrogens is 368 g/mol. The van der Waals surface area contributed by atoms with Crippen molar-refractivity contribution in [2.75, 3.05) is 0 Å². The van der Waals surface area contributed by atoms with Crippen LogP contribution in [0.25, 0.3) is 11.4 Å². The van der Waals surface area contributed by atoms with Crippen LogP contribution in [-0.2, 0) is 11.3 Å². The number of hydrogen-bond donors (Lipinski definition) is 2. The second-order valence-corrected chi connectivity index (χ2v) is 7.68. The number of carbonyl (C=O) groups excluding carboxylic acids is 1. The second kappa shape index (κ2) is 8.38. The Hall–Kier alpha value is -2.31. The molecule has 0 radical (unpaired) electrons. The lowest BCUT2D eigenvalue weighted by atomic mass is 10.1. The predicted molar refractivity (Wildman–Crippen MR) is 105 cm³/mol. The molecule has 0 bridgehead atoms. The van der Waals surface area contributed by atoms with E-state index in [2.05, 4.69) is 20.5 Å². The van der Waals surface area contributed by atoms with Crippen LogP contribution in [0.3, 0.4) is 0 Å². The largest absolute Gasteiger partial charge is 0.351 e. The number of rotatable bonds is 6. The van der Waals surface area contributed by atoms with Gasteiger partial charge in [-0.25, -0.2) is 4.98 Å². The molecule has 2 aromatic carbocycles.